The van der Waals surface area contributed by atoms with Gasteiger partial charge in [0, 0.05) is 18.6 Å². The first-order valence-electron chi connectivity index (χ1n) is 11.3. The van der Waals surface area contributed by atoms with Gasteiger partial charge >= 0.3 is 20.4 Å². The molecule has 0 amide bonds. The number of aromatic nitrogens is 2. The van der Waals surface area contributed by atoms with Crippen LogP contribution in [0.25, 0.3) is 16.0 Å². The number of sulfonamides is 1. The van der Waals surface area contributed by atoms with Gasteiger partial charge in [0.15, 0.2) is 0 Å². The number of hydrogen-bond donors (Lipinski definition) is 0. The van der Waals surface area contributed by atoms with Gasteiger partial charge in [-0.25, -0.2) is 8.42 Å². The van der Waals surface area contributed by atoms with Gasteiger partial charge < -0.3 is 4.72 Å². The number of aryl methyl sites for hydroxylation is 2. The molecular formula is C30H27N3O2PdS. The first-order chi connectivity index (χ1) is 17.5. The first-order valence-corrected chi connectivity index (χ1v) is 12.7. The Morgan fingerprint density at radius 3 is 1.86 bits per heavy atom. The molecule has 0 radical (unpaired) electrons. The molecule has 0 N–H and O–H groups in total. The Balaban J connectivity index is 0.000000302. The van der Waals surface area contributed by atoms with Crippen LogP contribution in [0.15, 0.2) is 133 Å². The normalized spacial score (nSPS) is 9.89. The molecule has 0 bridgehead atoms. The van der Waals surface area contributed by atoms with E-state index in [1.807, 2.05) is 86.6 Å². The van der Waals surface area contributed by atoms with Crippen LogP contribution in [0, 0.1) is 19.9 Å². The molecule has 3 aromatic carbocycles. The van der Waals surface area contributed by atoms with E-state index in [-0.39, 0.29) is 25.3 Å². The molecule has 0 aliphatic rings. The summed E-state index contributed by atoms with van der Waals surface area (Å²) >= 11 is 0. The molecule has 0 saturated heterocycles. The molecule has 0 aliphatic carbocycles. The summed E-state index contributed by atoms with van der Waals surface area (Å²) in [6.45, 7) is 3.88. The zero-order chi connectivity index (χ0) is 25.6. The Kier molecular flexibility index (Phi) is 12.4. The first kappa shape index (κ1) is 29.6. The molecule has 190 valence electrons. The van der Waals surface area contributed by atoms with Gasteiger partial charge in [-0.2, -0.15) is 36.4 Å². The van der Waals surface area contributed by atoms with Crippen molar-refractivity contribution < 1.29 is 28.8 Å². The van der Waals surface area contributed by atoms with Crippen molar-refractivity contribution in [3.63, 3.8) is 0 Å². The van der Waals surface area contributed by atoms with Gasteiger partial charge in [-0.1, -0.05) is 48.0 Å². The summed E-state index contributed by atoms with van der Waals surface area (Å²) in [6.07, 6.45) is 5.20. The molecule has 0 spiro atoms. The van der Waals surface area contributed by atoms with Gasteiger partial charge in [0.05, 0.1) is 10.6 Å². The van der Waals surface area contributed by atoms with E-state index in [4.69, 9.17) is 0 Å². The minimum Gasteiger partial charge on any atom is -0.572 e. The third-order valence-corrected chi connectivity index (χ3v) is 6.11. The molecule has 5 nitrogen and oxygen atoms in total. The Bertz CT molecular complexity index is 1350. The van der Waals surface area contributed by atoms with Crippen molar-refractivity contribution in [2.45, 2.75) is 18.7 Å². The summed E-state index contributed by atoms with van der Waals surface area (Å²) in [7, 11) is -3.77. The van der Waals surface area contributed by atoms with Gasteiger partial charge in [0.25, 0.3) is 0 Å². The maximum absolute atomic E-state index is 12.6. The van der Waals surface area contributed by atoms with Gasteiger partial charge in [0.2, 0.25) is 0 Å². The quantitative estimate of drug-likeness (QED) is 0.160. The van der Waals surface area contributed by atoms with Crippen molar-refractivity contribution in [2.75, 3.05) is 0 Å². The molecule has 0 saturated carbocycles. The second-order valence-electron chi connectivity index (χ2n) is 7.72. The fourth-order valence-electron chi connectivity index (χ4n) is 3.00. The summed E-state index contributed by atoms with van der Waals surface area (Å²) in [5, 5.41) is 0. The van der Waals surface area contributed by atoms with Gasteiger partial charge in [-0.15, -0.1) is 5.69 Å². The van der Waals surface area contributed by atoms with Crippen molar-refractivity contribution >= 4 is 15.7 Å². The van der Waals surface area contributed by atoms with Crippen molar-refractivity contribution in [1.29, 1.82) is 0 Å². The maximum Gasteiger partial charge on any atom is 2.00 e. The molecule has 2 aromatic heterocycles. The second-order valence-corrected chi connectivity index (χ2v) is 9.32. The Labute approximate surface area is 233 Å². The van der Waals surface area contributed by atoms with E-state index < -0.39 is 10.0 Å². The number of rotatable bonds is 4. The monoisotopic (exact) mass is 599 g/mol. The zero-order valence-corrected chi connectivity index (χ0v) is 22.9. The summed E-state index contributed by atoms with van der Waals surface area (Å²) in [5.41, 5.74) is 3.83. The van der Waals surface area contributed by atoms with Crippen LogP contribution in [-0.4, -0.2) is 18.4 Å². The molecule has 7 heteroatoms. The molecule has 2 heterocycles. The maximum atomic E-state index is 12.6. The van der Waals surface area contributed by atoms with Crippen molar-refractivity contribution in [3.8, 4) is 11.3 Å². The van der Waals surface area contributed by atoms with Gasteiger partial charge in [0.1, 0.15) is 10.0 Å². The minimum atomic E-state index is -3.77. The largest absolute Gasteiger partial charge is 2.00 e. The third kappa shape index (κ3) is 10.1. The Morgan fingerprint density at radius 2 is 1.35 bits per heavy atom. The van der Waals surface area contributed by atoms with E-state index in [0.29, 0.717) is 16.9 Å². The van der Waals surface area contributed by atoms with E-state index in [9.17, 15) is 8.42 Å². The summed E-state index contributed by atoms with van der Waals surface area (Å²) < 4.78 is 29.2. The second kappa shape index (κ2) is 15.5. The molecule has 5 rings (SSSR count). The fraction of sp³-hybridized carbons (Fsp3) is 0.0667. The average Bonchev–Trinajstić information content (AvgIpc) is 2.92. The van der Waals surface area contributed by atoms with E-state index in [1.54, 1.807) is 55.0 Å². The van der Waals surface area contributed by atoms with Gasteiger partial charge in [-0.05, 0) is 61.4 Å². The number of nitrogens with zero attached hydrogens (tertiary/aromatic N) is 3. The van der Waals surface area contributed by atoms with Crippen LogP contribution in [0.2, 0.25) is 0 Å². The van der Waals surface area contributed by atoms with Crippen LogP contribution >= 0.6 is 0 Å². The van der Waals surface area contributed by atoms with Crippen LogP contribution in [0.1, 0.15) is 11.1 Å². The predicted octanol–water partition coefficient (Wildman–Crippen LogP) is 7.33. The standard InChI is InChI=1S/C19H17N2O2S.C6H5.C5H5N.Pd/c1-14-7-9-16(10-8-14)24(22,23)21-18-6-4-3-5-17(18)19-13-15(2)11-12-20-19;2*1-2-4-6-5-3-1;/h3-13H,1-2H3;2*1-5H;/q2*-1;;+2. The third-order valence-electron chi connectivity index (χ3n) is 4.81. The molecule has 0 unspecified atom stereocenters. The van der Waals surface area contributed by atoms with E-state index in [2.05, 4.69) is 20.8 Å². The SMILES string of the molecule is Cc1ccc(S(=O)(=O)[N-]c2ccccc2-c2cc(C)ccn2)cc1.[Pd+2].[c-]1ccccc1.c1ccncc1. The predicted molar refractivity (Wildman–Crippen MR) is 145 cm³/mol. The Morgan fingerprint density at radius 1 is 0.703 bits per heavy atom. The average molecular weight is 600 g/mol. The molecular weight excluding hydrogens is 573 g/mol. The molecule has 37 heavy (non-hydrogen) atoms. The fourth-order valence-corrected chi connectivity index (χ4v) is 4.00. The smallest absolute Gasteiger partial charge is 0.572 e. The van der Waals surface area contributed by atoms with Crippen molar-refractivity contribution in [3.05, 3.63) is 150 Å². The van der Waals surface area contributed by atoms with Crippen LogP contribution in [0.3, 0.4) is 0 Å². The topological polar surface area (TPSA) is 74.0 Å². The minimum absolute atomic E-state index is 0. The molecule has 0 fully saturated rings. The Hall–Kier alpha value is -3.63. The van der Waals surface area contributed by atoms with E-state index in [0.717, 1.165) is 11.1 Å². The zero-order valence-electron chi connectivity index (χ0n) is 20.5. The number of hydrogen-bond acceptors (Lipinski definition) is 4. The molecule has 0 aliphatic heterocycles. The molecule has 0 atom stereocenters. The summed E-state index contributed by atoms with van der Waals surface area (Å²) in [4.78, 5) is 8.30. The van der Waals surface area contributed by atoms with Crippen LogP contribution in [0.4, 0.5) is 5.69 Å². The van der Waals surface area contributed by atoms with Crippen molar-refractivity contribution in [2.24, 2.45) is 0 Å². The van der Waals surface area contributed by atoms with Crippen LogP contribution in [0.5, 0.6) is 0 Å². The van der Waals surface area contributed by atoms with E-state index >= 15 is 0 Å². The number of pyridine rings is 2. The number of benzene rings is 3. The van der Waals surface area contributed by atoms with Crippen molar-refractivity contribution in [1.82, 2.24) is 9.97 Å². The van der Waals surface area contributed by atoms with Gasteiger partial charge in [-0.3, -0.25) is 9.97 Å². The molecule has 5 aromatic rings. The van der Waals surface area contributed by atoms with Crippen LogP contribution in [-0.2, 0) is 30.4 Å². The summed E-state index contributed by atoms with van der Waals surface area (Å²) in [5.74, 6) is 0. The summed E-state index contributed by atoms with van der Waals surface area (Å²) in [6, 6.07) is 35.8. The van der Waals surface area contributed by atoms with E-state index in [1.165, 1.54) is 0 Å². The van der Waals surface area contributed by atoms with Crippen LogP contribution < -0.4 is 0 Å².